The summed E-state index contributed by atoms with van der Waals surface area (Å²) in [4.78, 5) is 11.2. The Morgan fingerprint density at radius 2 is 2.00 bits per heavy atom. The third kappa shape index (κ3) is 5.37. The molecule has 0 bridgehead atoms. The molecule has 0 aliphatic carbocycles. The molecule has 0 saturated heterocycles. The topological polar surface area (TPSA) is 40.9 Å². The highest BCUT2D eigenvalue weighted by atomic mass is 16.1. The van der Waals surface area contributed by atoms with Crippen molar-refractivity contribution in [1.29, 1.82) is 5.26 Å². The lowest BCUT2D eigenvalue weighted by molar-refractivity contribution is -0.114. The van der Waals surface area contributed by atoms with Crippen LogP contribution in [0, 0.1) is 16.7 Å². The standard InChI is InChI=1S/C13H21NO/c1-3-5-6-9-13(12-15,8-4-2)10-7-11-14/h6,9,12H,3-5,7-8,10H2,1-2H3/b9-6+. The second-order valence-corrected chi connectivity index (χ2v) is 3.95. The van der Waals surface area contributed by atoms with Crippen LogP contribution in [0.2, 0.25) is 0 Å². The molecular weight excluding hydrogens is 186 g/mol. The van der Waals surface area contributed by atoms with Crippen LogP contribution in [-0.4, -0.2) is 6.29 Å². The van der Waals surface area contributed by atoms with Crippen molar-refractivity contribution >= 4 is 6.29 Å². The van der Waals surface area contributed by atoms with Crippen LogP contribution in [0.5, 0.6) is 0 Å². The summed E-state index contributed by atoms with van der Waals surface area (Å²) < 4.78 is 0. The van der Waals surface area contributed by atoms with Crippen molar-refractivity contribution in [2.24, 2.45) is 5.41 Å². The summed E-state index contributed by atoms with van der Waals surface area (Å²) in [5.74, 6) is 0. The monoisotopic (exact) mass is 207 g/mol. The van der Waals surface area contributed by atoms with Gasteiger partial charge in [-0.2, -0.15) is 5.26 Å². The van der Waals surface area contributed by atoms with Gasteiger partial charge in [-0.25, -0.2) is 0 Å². The Bertz CT molecular complexity index is 239. The second kappa shape index (κ2) is 8.23. The van der Waals surface area contributed by atoms with E-state index in [1.165, 1.54) is 0 Å². The number of hydrogen-bond donors (Lipinski definition) is 0. The molecule has 2 heteroatoms. The van der Waals surface area contributed by atoms with E-state index in [0.717, 1.165) is 32.0 Å². The Morgan fingerprint density at radius 3 is 2.47 bits per heavy atom. The van der Waals surface area contributed by atoms with Crippen molar-refractivity contribution < 1.29 is 4.79 Å². The van der Waals surface area contributed by atoms with Crippen molar-refractivity contribution in [3.05, 3.63) is 12.2 Å². The summed E-state index contributed by atoms with van der Waals surface area (Å²) in [5.41, 5.74) is -0.389. The molecule has 0 aliphatic rings. The quantitative estimate of drug-likeness (QED) is 0.450. The molecular formula is C13H21NO. The smallest absolute Gasteiger partial charge is 0.129 e. The SMILES string of the molecule is CCC/C=C/C(C=O)(CCC)CCC#N. The summed E-state index contributed by atoms with van der Waals surface area (Å²) in [6.07, 6.45) is 10.1. The van der Waals surface area contributed by atoms with Crippen LogP contribution in [-0.2, 0) is 4.79 Å². The zero-order valence-corrected chi connectivity index (χ0v) is 9.83. The molecule has 0 N–H and O–H groups in total. The molecule has 0 amide bonds. The Hall–Kier alpha value is -1.10. The van der Waals surface area contributed by atoms with Crippen molar-refractivity contribution in [3.8, 4) is 6.07 Å². The highest BCUT2D eigenvalue weighted by molar-refractivity contribution is 5.62. The van der Waals surface area contributed by atoms with E-state index in [1.54, 1.807) is 0 Å². The summed E-state index contributed by atoms with van der Waals surface area (Å²) in [6.45, 7) is 4.18. The molecule has 2 nitrogen and oxygen atoms in total. The molecule has 0 aromatic rings. The molecule has 84 valence electrons. The third-order valence-corrected chi connectivity index (χ3v) is 2.56. The molecule has 0 rings (SSSR count). The first-order valence-electron chi connectivity index (χ1n) is 5.75. The van der Waals surface area contributed by atoms with Crippen molar-refractivity contribution in [1.82, 2.24) is 0 Å². The molecule has 0 aliphatic heterocycles. The molecule has 0 aromatic heterocycles. The summed E-state index contributed by atoms with van der Waals surface area (Å²) in [6, 6.07) is 2.11. The molecule has 0 heterocycles. The van der Waals surface area contributed by atoms with Gasteiger partial charge in [0.2, 0.25) is 0 Å². The van der Waals surface area contributed by atoms with Crippen LogP contribution in [0.4, 0.5) is 0 Å². The zero-order valence-electron chi connectivity index (χ0n) is 9.83. The summed E-state index contributed by atoms with van der Waals surface area (Å²) in [5, 5.41) is 8.57. The van der Waals surface area contributed by atoms with Gasteiger partial charge in [-0.15, -0.1) is 0 Å². The minimum Gasteiger partial charge on any atom is -0.302 e. The molecule has 0 fully saturated rings. The van der Waals surface area contributed by atoms with Crippen LogP contribution in [0.1, 0.15) is 52.4 Å². The predicted molar refractivity (Wildman–Crippen MR) is 62.3 cm³/mol. The molecule has 0 radical (unpaired) electrons. The Balaban J connectivity index is 4.49. The van der Waals surface area contributed by atoms with Crippen molar-refractivity contribution in [2.45, 2.75) is 52.4 Å². The largest absolute Gasteiger partial charge is 0.302 e. The van der Waals surface area contributed by atoms with Gasteiger partial charge in [0.1, 0.15) is 6.29 Å². The van der Waals surface area contributed by atoms with E-state index < -0.39 is 0 Å². The number of nitrogens with zero attached hydrogens (tertiary/aromatic N) is 1. The van der Waals surface area contributed by atoms with Gasteiger partial charge in [0.25, 0.3) is 0 Å². The van der Waals surface area contributed by atoms with Crippen LogP contribution in [0.3, 0.4) is 0 Å². The average molecular weight is 207 g/mol. The lowest BCUT2D eigenvalue weighted by Gasteiger charge is -2.22. The van der Waals surface area contributed by atoms with Gasteiger partial charge in [0.15, 0.2) is 0 Å². The third-order valence-electron chi connectivity index (χ3n) is 2.56. The number of aldehydes is 1. The Labute approximate surface area is 93.0 Å². The number of hydrogen-bond acceptors (Lipinski definition) is 2. The molecule has 1 unspecified atom stereocenters. The first-order valence-corrected chi connectivity index (χ1v) is 5.75. The maximum Gasteiger partial charge on any atom is 0.129 e. The number of nitriles is 1. The van der Waals surface area contributed by atoms with E-state index in [2.05, 4.69) is 26.0 Å². The summed E-state index contributed by atoms with van der Waals surface area (Å²) in [7, 11) is 0. The molecule has 0 spiro atoms. The van der Waals surface area contributed by atoms with Crippen molar-refractivity contribution in [3.63, 3.8) is 0 Å². The number of rotatable bonds is 8. The molecule has 0 saturated carbocycles. The first-order chi connectivity index (χ1) is 7.24. The average Bonchev–Trinajstić information content (AvgIpc) is 2.26. The van der Waals surface area contributed by atoms with Gasteiger partial charge in [0, 0.05) is 11.8 Å². The summed E-state index contributed by atoms with van der Waals surface area (Å²) >= 11 is 0. The minimum atomic E-state index is -0.389. The van der Waals surface area contributed by atoms with Gasteiger partial charge in [-0.3, -0.25) is 0 Å². The van der Waals surface area contributed by atoms with E-state index in [-0.39, 0.29) is 5.41 Å². The maximum absolute atomic E-state index is 11.2. The minimum absolute atomic E-state index is 0.389. The second-order valence-electron chi connectivity index (χ2n) is 3.95. The Morgan fingerprint density at radius 1 is 1.27 bits per heavy atom. The van der Waals surface area contributed by atoms with Gasteiger partial charge in [-0.05, 0) is 19.3 Å². The number of carbonyl (C=O) groups excluding carboxylic acids is 1. The fourth-order valence-electron chi connectivity index (χ4n) is 1.69. The molecule has 1 atom stereocenters. The number of carbonyl (C=O) groups is 1. The highest BCUT2D eigenvalue weighted by Gasteiger charge is 2.24. The Kier molecular flexibility index (Phi) is 7.62. The normalized spacial score (nSPS) is 14.7. The van der Waals surface area contributed by atoms with Crippen LogP contribution in [0.25, 0.3) is 0 Å². The van der Waals surface area contributed by atoms with Crippen LogP contribution in [0.15, 0.2) is 12.2 Å². The van der Waals surface area contributed by atoms with E-state index in [1.807, 2.05) is 6.08 Å². The van der Waals surface area contributed by atoms with Crippen molar-refractivity contribution in [2.75, 3.05) is 0 Å². The van der Waals surface area contributed by atoms with Crippen LogP contribution < -0.4 is 0 Å². The van der Waals surface area contributed by atoms with E-state index in [0.29, 0.717) is 12.8 Å². The molecule has 15 heavy (non-hydrogen) atoms. The fourth-order valence-corrected chi connectivity index (χ4v) is 1.69. The number of allylic oxidation sites excluding steroid dienone is 2. The highest BCUT2D eigenvalue weighted by Crippen LogP contribution is 2.29. The lowest BCUT2D eigenvalue weighted by Crippen LogP contribution is -2.19. The van der Waals surface area contributed by atoms with E-state index in [4.69, 9.17) is 5.26 Å². The lowest BCUT2D eigenvalue weighted by atomic mass is 9.80. The van der Waals surface area contributed by atoms with Gasteiger partial charge >= 0.3 is 0 Å². The molecule has 0 aromatic carbocycles. The predicted octanol–water partition coefficient (Wildman–Crippen LogP) is 3.63. The van der Waals surface area contributed by atoms with Gasteiger partial charge in [-0.1, -0.05) is 38.8 Å². The zero-order chi connectivity index (χ0) is 11.6. The fraction of sp³-hybridized carbons (Fsp3) is 0.692. The first kappa shape index (κ1) is 13.9. The maximum atomic E-state index is 11.2. The van der Waals surface area contributed by atoms with E-state index >= 15 is 0 Å². The number of unbranched alkanes of at least 4 members (excludes halogenated alkanes) is 1. The van der Waals surface area contributed by atoms with Gasteiger partial charge in [0.05, 0.1) is 6.07 Å². The van der Waals surface area contributed by atoms with E-state index in [9.17, 15) is 4.79 Å². The van der Waals surface area contributed by atoms with Gasteiger partial charge < -0.3 is 4.79 Å². The van der Waals surface area contributed by atoms with Crippen LogP contribution >= 0.6 is 0 Å².